The molecule has 3 N–H and O–H groups in total. The van der Waals surface area contributed by atoms with Crippen LogP contribution in [0.3, 0.4) is 0 Å². The minimum atomic E-state index is 0.267. The zero-order valence-electron chi connectivity index (χ0n) is 17.4. The molecule has 0 saturated heterocycles. The first-order chi connectivity index (χ1) is 14.7. The summed E-state index contributed by atoms with van der Waals surface area (Å²) in [5.41, 5.74) is 4.03. The number of anilines is 2. The van der Waals surface area contributed by atoms with Gasteiger partial charge in [-0.25, -0.2) is 15.0 Å². The van der Waals surface area contributed by atoms with Crippen molar-refractivity contribution < 1.29 is 4.74 Å². The molecule has 0 saturated carbocycles. The van der Waals surface area contributed by atoms with Crippen LogP contribution in [-0.4, -0.2) is 53.2 Å². The number of nitrogens with zero attached hydrogens (tertiary/aromatic N) is 4. The van der Waals surface area contributed by atoms with Gasteiger partial charge in [-0.2, -0.15) is 0 Å². The summed E-state index contributed by atoms with van der Waals surface area (Å²) in [7, 11) is 1.93. The Hall–Kier alpha value is -3.26. The molecule has 0 aliphatic carbocycles. The van der Waals surface area contributed by atoms with E-state index >= 15 is 0 Å². The van der Waals surface area contributed by atoms with Gasteiger partial charge in [0.25, 0.3) is 0 Å². The molecule has 1 aliphatic rings. The number of hydrogen-bond acceptors (Lipinski definition) is 8. The fraction of sp³-hybridized carbons (Fsp3) is 0.364. The molecule has 30 heavy (non-hydrogen) atoms. The SMILES string of the molecule is CNCCNc1ccc(-c2cc(NC[C@@H](C)c3ccnc4c3OCC4)ncn2)cn1. The van der Waals surface area contributed by atoms with Crippen molar-refractivity contribution >= 4 is 11.6 Å². The van der Waals surface area contributed by atoms with Gasteiger partial charge in [0.05, 0.1) is 18.0 Å². The lowest BCUT2D eigenvalue weighted by molar-refractivity contribution is 0.352. The molecule has 4 heterocycles. The lowest BCUT2D eigenvalue weighted by Gasteiger charge is -2.16. The molecule has 0 aromatic carbocycles. The van der Waals surface area contributed by atoms with Crippen LogP contribution in [0.2, 0.25) is 0 Å². The molecule has 3 aromatic heterocycles. The second-order valence-corrected chi connectivity index (χ2v) is 7.31. The maximum atomic E-state index is 5.79. The van der Waals surface area contributed by atoms with E-state index in [0.29, 0.717) is 6.61 Å². The molecule has 0 unspecified atom stereocenters. The number of rotatable bonds is 9. The van der Waals surface area contributed by atoms with Crippen molar-refractivity contribution in [3.8, 4) is 17.0 Å². The highest BCUT2D eigenvalue weighted by molar-refractivity contribution is 5.62. The van der Waals surface area contributed by atoms with Crippen LogP contribution in [0.4, 0.5) is 11.6 Å². The predicted molar refractivity (Wildman–Crippen MR) is 118 cm³/mol. The standard InChI is InChI=1S/C22H27N7O/c1-15(17-5-7-24-18-6-10-30-22(17)18)12-26-21-11-19(28-14-29-21)16-3-4-20(27-13-16)25-9-8-23-2/h3-5,7,11,13-15,23H,6,8-10,12H2,1-2H3,(H,25,27)(H,26,28,29)/t15-/m1/s1. The molecule has 0 amide bonds. The molecular weight excluding hydrogens is 378 g/mol. The van der Waals surface area contributed by atoms with E-state index in [9.17, 15) is 0 Å². The molecule has 156 valence electrons. The Morgan fingerprint density at radius 3 is 2.80 bits per heavy atom. The van der Waals surface area contributed by atoms with E-state index in [0.717, 1.165) is 60.4 Å². The van der Waals surface area contributed by atoms with Crippen molar-refractivity contribution in [1.82, 2.24) is 25.3 Å². The van der Waals surface area contributed by atoms with Gasteiger partial charge in [-0.3, -0.25) is 4.98 Å². The van der Waals surface area contributed by atoms with E-state index in [-0.39, 0.29) is 5.92 Å². The van der Waals surface area contributed by atoms with E-state index in [1.807, 2.05) is 43.7 Å². The number of pyridine rings is 2. The largest absolute Gasteiger partial charge is 0.491 e. The van der Waals surface area contributed by atoms with Crippen LogP contribution in [0.5, 0.6) is 5.75 Å². The highest BCUT2D eigenvalue weighted by atomic mass is 16.5. The third-order valence-electron chi connectivity index (χ3n) is 5.12. The summed E-state index contributed by atoms with van der Waals surface area (Å²) in [5, 5.41) is 9.79. The third kappa shape index (κ3) is 4.65. The molecule has 0 radical (unpaired) electrons. The smallest absolute Gasteiger partial charge is 0.144 e. The molecular formula is C22H27N7O. The average Bonchev–Trinajstić information content (AvgIpc) is 3.27. The average molecular weight is 406 g/mol. The Morgan fingerprint density at radius 2 is 1.97 bits per heavy atom. The van der Waals surface area contributed by atoms with Crippen LogP contribution >= 0.6 is 0 Å². The Kier molecular flexibility index (Phi) is 6.34. The number of hydrogen-bond donors (Lipinski definition) is 3. The van der Waals surface area contributed by atoms with Crippen LogP contribution in [-0.2, 0) is 6.42 Å². The summed E-state index contributed by atoms with van der Waals surface area (Å²) in [4.78, 5) is 17.6. The van der Waals surface area contributed by atoms with Gasteiger partial charge >= 0.3 is 0 Å². The van der Waals surface area contributed by atoms with Gasteiger partial charge in [-0.05, 0) is 25.2 Å². The Labute approximate surface area is 176 Å². The van der Waals surface area contributed by atoms with Gasteiger partial charge < -0.3 is 20.7 Å². The van der Waals surface area contributed by atoms with Crippen molar-refractivity contribution in [3.05, 3.63) is 54.2 Å². The second kappa shape index (κ2) is 9.49. The minimum absolute atomic E-state index is 0.267. The number of likely N-dealkylation sites (N-methyl/N-ethyl adjacent to an activating group) is 1. The molecule has 3 aromatic rings. The summed E-state index contributed by atoms with van der Waals surface area (Å²) in [6, 6.07) is 7.97. The minimum Gasteiger partial charge on any atom is -0.491 e. The zero-order chi connectivity index (χ0) is 20.8. The topological polar surface area (TPSA) is 96.9 Å². The Morgan fingerprint density at radius 1 is 1.03 bits per heavy atom. The maximum Gasteiger partial charge on any atom is 0.144 e. The Bertz CT molecular complexity index is 977. The lowest BCUT2D eigenvalue weighted by atomic mass is 10.00. The number of ether oxygens (including phenoxy) is 1. The summed E-state index contributed by atoms with van der Waals surface area (Å²) in [6.45, 7) is 5.34. The molecule has 0 spiro atoms. The van der Waals surface area contributed by atoms with Gasteiger partial charge in [0.1, 0.15) is 23.7 Å². The first kappa shape index (κ1) is 20.0. The zero-order valence-corrected chi connectivity index (χ0v) is 17.4. The van der Waals surface area contributed by atoms with Crippen molar-refractivity contribution in [1.29, 1.82) is 0 Å². The molecule has 4 rings (SSSR count). The fourth-order valence-corrected chi connectivity index (χ4v) is 3.44. The highest BCUT2D eigenvalue weighted by Gasteiger charge is 2.20. The van der Waals surface area contributed by atoms with Crippen molar-refractivity contribution in [3.63, 3.8) is 0 Å². The molecule has 1 aliphatic heterocycles. The first-order valence-corrected chi connectivity index (χ1v) is 10.3. The predicted octanol–water partition coefficient (Wildman–Crippen LogP) is 2.72. The van der Waals surface area contributed by atoms with E-state index in [2.05, 4.69) is 42.8 Å². The summed E-state index contributed by atoms with van der Waals surface area (Å²) < 4.78 is 5.79. The van der Waals surface area contributed by atoms with E-state index in [4.69, 9.17) is 4.74 Å². The maximum absolute atomic E-state index is 5.79. The van der Waals surface area contributed by atoms with E-state index in [1.54, 1.807) is 6.33 Å². The third-order valence-corrected chi connectivity index (χ3v) is 5.12. The second-order valence-electron chi connectivity index (χ2n) is 7.31. The van der Waals surface area contributed by atoms with Crippen LogP contribution in [0.15, 0.2) is 43.0 Å². The van der Waals surface area contributed by atoms with Gasteiger partial charge in [-0.1, -0.05) is 6.92 Å². The fourth-order valence-electron chi connectivity index (χ4n) is 3.44. The van der Waals surface area contributed by atoms with E-state index < -0.39 is 0 Å². The molecule has 0 bridgehead atoms. The Balaban J connectivity index is 1.40. The number of nitrogens with one attached hydrogen (secondary N) is 3. The molecule has 8 nitrogen and oxygen atoms in total. The van der Waals surface area contributed by atoms with Gasteiger partial charge in [0.2, 0.25) is 0 Å². The van der Waals surface area contributed by atoms with E-state index in [1.165, 1.54) is 5.56 Å². The van der Waals surface area contributed by atoms with Crippen LogP contribution in [0, 0.1) is 0 Å². The van der Waals surface area contributed by atoms with Crippen LogP contribution in [0.1, 0.15) is 24.1 Å². The summed E-state index contributed by atoms with van der Waals surface area (Å²) in [6.07, 6.45) is 6.16. The monoisotopic (exact) mass is 405 g/mol. The van der Waals surface area contributed by atoms with Gasteiger partial charge in [0.15, 0.2) is 0 Å². The van der Waals surface area contributed by atoms with Gasteiger partial charge in [-0.15, -0.1) is 0 Å². The van der Waals surface area contributed by atoms with Crippen molar-refractivity contribution in [2.75, 3.05) is 43.9 Å². The molecule has 0 fully saturated rings. The molecule has 1 atom stereocenters. The summed E-state index contributed by atoms with van der Waals surface area (Å²) >= 11 is 0. The van der Waals surface area contributed by atoms with Gasteiger partial charge in [0, 0.05) is 61.6 Å². The number of aromatic nitrogens is 4. The van der Waals surface area contributed by atoms with Crippen molar-refractivity contribution in [2.24, 2.45) is 0 Å². The molecule has 8 heteroatoms. The number of fused-ring (bicyclic) bond motifs is 1. The quantitative estimate of drug-likeness (QED) is 0.468. The van der Waals surface area contributed by atoms with Crippen LogP contribution in [0.25, 0.3) is 11.3 Å². The highest BCUT2D eigenvalue weighted by Crippen LogP contribution is 2.33. The van der Waals surface area contributed by atoms with Crippen LogP contribution < -0.4 is 20.7 Å². The normalized spacial score (nSPS) is 13.4. The lowest BCUT2D eigenvalue weighted by Crippen LogP contribution is -2.18. The summed E-state index contributed by atoms with van der Waals surface area (Å²) in [5.74, 6) is 2.85. The van der Waals surface area contributed by atoms with Crippen molar-refractivity contribution in [2.45, 2.75) is 19.3 Å². The first-order valence-electron chi connectivity index (χ1n) is 10.3.